The standard InChI is InChI=1S/C16H15N5O3S/c1-10-7-12(5-6-17-10)16-18-15(19-20-16)11-3-4-14(24-9-25-2)13(8-11)21(22)23/h3-8H,9H2,1-2H3,(H,18,19,20). The molecule has 0 atom stereocenters. The summed E-state index contributed by atoms with van der Waals surface area (Å²) in [5, 5.41) is 18.3. The van der Waals surface area contributed by atoms with Crippen molar-refractivity contribution in [2.75, 3.05) is 12.2 Å². The minimum Gasteiger partial charge on any atom is -0.476 e. The van der Waals surface area contributed by atoms with Crippen LogP contribution in [-0.4, -0.2) is 37.3 Å². The van der Waals surface area contributed by atoms with Crippen LogP contribution in [0, 0.1) is 17.0 Å². The van der Waals surface area contributed by atoms with Gasteiger partial charge in [0.25, 0.3) is 0 Å². The van der Waals surface area contributed by atoms with E-state index in [-0.39, 0.29) is 11.4 Å². The Morgan fingerprint density at radius 1 is 1.28 bits per heavy atom. The summed E-state index contributed by atoms with van der Waals surface area (Å²) < 4.78 is 5.39. The van der Waals surface area contributed by atoms with E-state index in [4.69, 9.17) is 4.74 Å². The number of rotatable bonds is 6. The van der Waals surface area contributed by atoms with Gasteiger partial charge in [0.2, 0.25) is 0 Å². The van der Waals surface area contributed by atoms with E-state index >= 15 is 0 Å². The van der Waals surface area contributed by atoms with Gasteiger partial charge < -0.3 is 4.74 Å². The molecule has 0 unspecified atom stereocenters. The third-order valence-electron chi connectivity index (χ3n) is 3.40. The molecule has 8 nitrogen and oxygen atoms in total. The third-order valence-corrected chi connectivity index (χ3v) is 3.76. The van der Waals surface area contributed by atoms with E-state index < -0.39 is 4.92 Å². The molecule has 0 bridgehead atoms. The van der Waals surface area contributed by atoms with Crippen molar-refractivity contribution < 1.29 is 9.66 Å². The number of benzene rings is 1. The fraction of sp³-hybridized carbons (Fsp3) is 0.188. The van der Waals surface area contributed by atoms with Gasteiger partial charge in [-0.25, -0.2) is 4.98 Å². The predicted octanol–water partition coefficient (Wildman–Crippen LogP) is 3.45. The number of ether oxygens (including phenoxy) is 1. The summed E-state index contributed by atoms with van der Waals surface area (Å²) in [4.78, 5) is 19.4. The van der Waals surface area contributed by atoms with Crippen molar-refractivity contribution in [2.24, 2.45) is 0 Å². The normalized spacial score (nSPS) is 10.6. The number of nitro benzene ring substituents is 1. The van der Waals surface area contributed by atoms with Crippen LogP contribution in [0.1, 0.15) is 5.69 Å². The zero-order valence-corrected chi connectivity index (χ0v) is 14.4. The van der Waals surface area contributed by atoms with E-state index in [1.54, 1.807) is 18.3 Å². The van der Waals surface area contributed by atoms with Crippen LogP contribution >= 0.6 is 11.8 Å². The smallest absolute Gasteiger partial charge is 0.311 e. The molecule has 3 rings (SSSR count). The maximum Gasteiger partial charge on any atom is 0.311 e. The van der Waals surface area contributed by atoms with Gasteiger partial charge in [0.15, 0.2) is 17.4 Å². The predicted molar refractivity (Wildman–Crippen MR) is 95.5 cm³/mol. The number of aromatic nitrogens is 4. The van der Waals surface area contributed by atoms with Crippen LogP contribution in [-0.2, 0) is 0 Å². The summed E-state index contributed by atoms with van der Waals surface area (Å²) in [7, 11) is 0. The van der Waals surface area contributed by atoms with Gasteiger partial charge in [-0.05, 0) is 37.4 Å². The fourth-order valence-electron chi connectivity index (χ4n) is 2.26. The number of pyridine rings is 1. The third kappa shape index (κ3) is 3.77. The van der Waals surface area contributed by atoms with Gasteiger partial charge >= 0.3 is 5.69 Å². The first-order chi connectivity index (χ1) is 12.1. The molecule has 1 N–H and O–H groups in total. The van der Waals surface area contributed by atoms with Crippen molar-refractivity contribution in [3.63, 3.8) is 0 Å². The van der Waals surface area contributed by atoms with E-state index in [1.165, 1.54) is 17.8 Å². The van der Waals surface area contributed by atoms with E-state index in [0.717, 1.165) is 11.3 Å². The Bertz CT molecular complexity index is 912. The van der Waals surface area contributed by atoms with Crippen LogP contribution < -0.4 is 4.74 Å². The summed E-state index contributed by atoms with van der Waals surface area (Å²) in [6.07, 6.45) is 3.55. The molecule has 128 valence electrons. The monoisotopic (exact) mass is 357 g/mol. The molecule has 1 aromatic carbocycles. The van der Waals surface area contributed by atoms with Crippen LogP contribution in [0.25, 0.3) is 22.8 Å². The SMILES string of the molecule is CSCOc1ccc(-c2n[nH]c(-c3ccnc(C)c3)n2)cc1[N+](=O)[O-]. The van der Waals surface area contributed by atoms with Gasteiger partial charge in [-0.3, -0.25) is 20.2 Å². The number of H-pyrrole nitrogens is 1. The van der Waals surface area contributed by atoms with Crippen molar-refractivity contribution in [3.05, 3.63) is 52.3 Å². The Hall–Kier alpha value is -2.94. The number of thioether (sulfide) groups is 1. The summed E-state index contributed by atoms with van der Waals surface area (Å²) in [6, 6.07) is 8.38. The first-order valence-corrected chi connectivity index (χ1v) is 8.74. The van der Waals surface area contributed by atoms with Gasteiger partial charge in [-0.1, -0.05) is 0 Å². The van der Waals surface area contributed by atoms with Crippen molar-refractivity contribution in [3.8, 4) is 28.5 Å². The van der Waals surface area contributed by atoms with Crippen LogP contribution in [0.4, 0.5) is 5.69 Å². The Kier molecular flexibility index (Phi) is 4.94. The fourth-order valence-corrected chi connectivity index (χ4v) is 2.50. The molecule has 0 aliphatic rings. The molecule has 2 aromatic heterocycles. The molecule has 0 aliphatic heterocycles. The number of nitrogens with one attached hydrogen (secondary N) is 1. The van der Waals surface area contributed by atoms with E-state index in [9.17, 15) is 10.1 Å². The van der Waals surface area contributed by atoms with E-state index in [0.29, 0.717) is 23.2 Å². The van der Waals surface area contributed by atoms with Crippen molar-refractivity contribution in [1.29, 1.82) is 0 Å². The Labute approximate surface area is 147 Å². The van der Waals surface area contributed by atoms with Crippen molar-refractivity contribution >= 4 is 17.4 Å². The molecule has 0 saturated carbocycles. The number of hydrogen-bond acceptors (Lipinski definition) is 7. The van der Waals surface area contributed by atoms with Gasteiger partial charge in [0.05, 0.1) is 4.92 Å². The summed E-state index contributed by atoms with van der Waals surface area (Å²) in [5.74, 6) is 1.52. The average Bonchev–Trinajstić information content (AvgIpc) is 3.10. The summed E-state index contributed by atoms with van der Waals surface area (Å²) >= 11 is 1.44. The maximum absolute atomic E-state index is 11.3. The Morgan fingerprint density at radius 2 is 2.12 bits per heavy atom. The minimum atomic E-state index is -0.473. The van der Waals surface area contributed by atoms with Gasteiger partial charge in [-0.2, -0.15) is 5.10 Å². The molecular formula is C16H15N5O3S. The van der Waals surface area contributed by atoms with Crippen molar-refractivity contribution in [1.82, 2.24) is 20.2 Å². The number of hydrogen-bond donors (Lipinski definition) is 1. The number of aromatic amines is 1. The highest BCUT2D eigenvalue weighted by Crippen LogP contribution is 2.32. The van der Waals surface area contributed by atoms with E-state index in [2.05, 4.69) is 20.2 Å². The van der Waals surface area contributed by atoms with Crippen LogP contribution in [0.3, 0.4) is 0 Å². The Balaban J connectivity index is 1.94. The summed E-state index contributed by atoms with van der Waals surface area (Å²) in [6.45, 7) is 1.89. The highest BCUT2D eigenvalue weighted by atomic mass is 32.2. The molecule has 0 fully saturated rings. The molecule has 0 saturated heterocycles. The lowest BCUT2D eigenvalue weighted by molar-refractivity contribution is -0.385. The lowest BCUT2D eigenvalue weighted by atomic mass is 10.1. The van der Waals surface area contributed by atoms with Gasteiger partial charge in [0, 0.05) is 29.1 Å². The molecule has 0 aliphatic carbocycles. The number of nitrogens with zero attached hydrogens (tertiary/aromatic N) is 4. The second-order valence-electron chi connectivity index (χ2n) is 5.18. The van der Waals surface area contributed by atoms with Crippen LogP contribution in [0.5, 0.6) is 5.75 Å². The second-order valence-corrected chi connectivity index (χ2v) is 6.00. The highest BCUT2D eigenvalue weighted by Gasteiger charge is 2.18. The number of aryl methyl sites for hydroxylation is 1. The summed E-state index contributed by atoms with van der Waals surface area (Å²) in [5.41, 5.74) is 2.14. The molecule has 0 radical (unpaired) electrons. The maximum atomic E-state index is 11.3. The van der Waals surface area contributed by atoms with Crippen molar-refractivity contribution in [2.45, 2.75) is 6.92 Å². The topological polar surface area (TPSA) is 107 Å². The van der Waals surface area contributed by atoms with Gasteiger partial charge in [0.1, 0.15) is 5.94 Å². The minimum absolute atomic E-state index is 0.113. The molecular weight excluding hydrogens is 342 g/mol. The second kappa shape index (κ2) is 7.31. The first-order valence-electron chi connectivity index (χ1n) is 7.34. The zero-order valence-electron chi connectivity index (χ0n) is 13.6. The molecule has 9 heteroatoms. The quantitative estimate of drug-likeness (QED) is 0.409. The van der Waals surface area contributed by atoms with E-state index in [1.807, 2.05) is 25.3 Å². The Morgan fingerprint density at radius 3 is 2.84 bits per heavy atom. The van der Waals surface area contributed by atoms with Gasteiger partial charge in [-0.15, -0.1) is 11.8 Å². The molecule has 25 heavy (non-hydrogen) atoms. The molecule has 2 heterocycles. The molecule has 0 spiro atoms. The zero-order chi connectivity index (χ0) is 17.8. The number of nitro groups is 1. The average molecular weight is 357 g/mol. The van der Waals surface area contributed by atoms with Crippen LogP contribution in [0.15, 0.2) is 36.5 Å². The first kappa shape index (κ1) is 16.9. The largest absolute Gasteiger partial charge is 0.476 e. The lowest BCUT2D eigenvalue weighted by Crippen LogP contribution is -1.98. The highest BCUT2D eigenvalue weighted by molar-refractivity contribution is 7.98. The lowest BCUT2D eigenvalue weighted by Gasteiger charge is -2.05. The molecule has 0 amide bonds. The molecule has 3 aromatic rings. The van der Waals surface area contributed by atoms with Crippen LogP contribution in [0.2, 0.25) is 0 Å².